The number of hydrogen-bond acceptors (Lipinski definition) is 12. The molecule has 308 valence electrons. The molecule has 54 heavy (non-hydrogen) atoms. The number of phenols is 1. The zero-order valence-corrected chi connectivity index (χ0v) is 32.2. The topological polar surface area (TPSA) is 255 Å². The van der Waals surface area contributed by atoms with Gasteiger partial charge in [-0.05, 0) is 75.0 Å². The van der Waals surface area contributed by atoms with Crippen LogP contribution in [0.4, 0.5) is 4.79 Å². The molecule has 2 unspecified atom stereocenters. The second kappa shape index (κ2) is 35.6. The molecular formula is C38H64N4O12. The number of carboxylic acid groups (broad SMARTS) is 1. The molecule has 0 spiro atoms. The van der Waals surface area contributed by atoms with Crippen molar-refractivity contribution in [2.45, 2.75) is 115 Å². The second-order valence-electron chi connectivity index (χ2n) is 12.6. The number of ether oxygens (including phenoxy) is 2. The van der Waals surface area contributed by atoms with Crippen LogP contribution in [0.1, 0.15) is 95.1 Å². The van der Waals surface area contributed by atoms with E-state index >= 15 is 0 Å². The number of primary amides is 1. The molecule has 2 fully saturated rings. The molecule has 3 rings (SSSR count). The molecule has 1 aromatic rings. The molecule has 0 radical (unpaired) electrons. The average molecular weight is 769 g/mol. The van der Waals surface area contributed by atoms with Crippen molar-refractivity contribution in [2.24, 2.45) is 5.73 Å². The Hall–Kier alpha value is -4.38. The van der Waals surface area contributed by atoms with Crippen LogP contribution in [-0.4, -0.2) is 121 Å². The van der Waals surface area contributed by atoms with Crippen molar-refractivity contribution in [2.75, 3.05) is 40.4 Å². The number of aromatic hydroxyl groups is 1. The Morgan fingerprint density at radius 2 is 1.59 bits per heavy atom. The number of phenolic OH excluding ortho intramolecular Hbond substituents is 1. The molecule has 8 N–H and O–H groups in total. The summed E-state index contributed by atoms with van der Waals surface area (Å²) in [5.74, 6) is -0.717. The fourth-order valence-electron chi connectivity index (χ4n) is 5.05. The summed E-state index contributed by atoms with van der Waals surface area (Å²) in [6, 6.07) is 5.59. The Morgan fingerprint density at radius 3 is 2.11 bits per heavy atom. The van der Waals surface area contributed by atoms with Crippen molar-refractivity contribution in [3.05, 3.63) is 41.5 Å². The van der Waals surface area contributed by atoms with Crippen LogP contribution >= 0.6 is 0 Å². The third-order valence-electron chi connectivity index (χ3n) is 7.76. The van der Waals surface area contributed by atoms with Crippen LogP contribution in [0.15, 0.2) is 30.4 Å². The van der Waals surface area contributed by atoms with Crippen molar-refractivity contribution in [1.29, 1.82) is 0 Å². The number of benzene rings is 1. The van der Waals surface area contributed by atoms with E-state index in [4.69, 9.17) is 34.4 Å². The Bertz CT molecular complexity index is 1180. The fraction of sp³-hybridized carbons (Fsp3) is 0.632. The number of nitrogens with one attached hydrogen (secondary N) is 2. The Labute approximate surface area is 319 Å². The molecule has 3 amide bonds. The lowest BCUT2D eigenvalue weighted by atomic mass is 9.97. The summed E-state index contributed by atoms with van der Waals surface area (Å²) in [6.07, 6.45) is 15.7. The number of carbonyl (C=O) groups excluding carboxylic acids is 5. The lowest BCUT2D eigenvalue weighted by molar-refractivity contribution is -0.134. The van der Waals surface area contributed by atoms with Gasteiger partial charge in [0.2, 0.25) is 12.3 Å². The van der Waals surface area contributed by atoms with Gasteiger partial charge in [-0.25, -0.2) is 4.79 Å². The smallest absolute Gasteiger partial charge is 0.407 e. The monoisotopic (exact) mass is 768 g/mol. The summed E-state index contributed by atoms with van der Waals surface area (Å²) in [5.41, 5.74) is 5.93. The van der Waals surface area contributed by atoms with Crippen LogP contribution in [0.5, 0.6) is 5.75 Å². The van der Waals surface area contributed by atoms with Gasteiger partial charge in [-0.3, -0.25) is 19.2 Å². The van der Waals surface area contributed by atoms with E-state index in [0.717, 1.165) is 69.4 Å². The van der Waals surface area contributed by atoms with E-state index in [2.05, 4.69) is 16.4 Å². The van der Waals surface area contributed by atoms with E-state index < -0.39 is 18.2 Å². The molecule has 0 bridgehead atoms. The molecule has 1 aliphatic heterocycles. The highest BCUT2D eigenvalue weighted by molar-refractivity contribution is 5.90. The van der Waals surface area contributed by atoms with E-state index in [1.54, 1.807) is 24.1 Å². The van der Waals surface area contributed by atoms with Gasteiger partial charge in [0.05, 0.1) is 25.4 Å². The molecule has 1 saturated heterocycles. The number of alkyl carbamates (subject to hydrolysis) is 1. The van der Waals surface area contributed by atoms with Gasteiger partial charge < -0.3 is 56.0 Å². The highest BCUT2D eigenvalue weighted by atomic mass is 16.5. The van der Waals surface area contributed by atoms with E-state index in [9.17, 15) is 24.3 Å². The molecule has 1 aromatic carbocycles. The van der Waals surface area contributed by atoms with Crippen molar-refractivity contribution in [1.82, 2.24) is 15.5 Å². The van der Waals surface area contributed by atoms with Gasteiger partial charge in [0, 0.05) is 45.5 Å². The summed E-state index contributed by atoms with van der Waals surface area (Å²) in [7, 11) is 3.57. The summed E-state index contributed by atoms with van der Waals surface area (Å²) in [4.78, 5) is 62.4. The number of carboxylic acids is 1. The molecule has 0 aromatic heterocycles. The van der Waals surface area contributed by atoms with E-state index in [1.807, 2.05) is 13.1 Å². The number of amides is 3. The minimum absolute atomic E-state index is 0.169. The minimum atomic E-state index is -0.833. The van der Waals surface area contributed by atoms with Gasteiger partial charge in [-0.15, -0.1) is 0 Å². The maximum absolute atomic E-state index is 12.0. The first-order valence-corrected chi connectivity index (χ1v) is 18.3. The standard InChI is InChI=1S/C19H30N2O3.C11H17NO3.C5H10O3.C2H4O2.CH3NO/c1-20-12-11-16-13-15(9-10-18(16)22)14-24-19(23)21-17-7-5-3-2-4-6-8-17;1-12(11(15)7-6-10-14)8-4-2-3-5-9-13;6-4-1-5(7)3-8-2-4;1-2(3)4;2-1-3/h9-10,13,17,20,22H,2-8,11-12,14H2,1H3,(H,21,23);6-7,9-10H,2-5,8H2,1H3;4-7H,1-3H2;1H3,(H,3,4);1H,(H2,2,3)/b;7-6-;;;. The van der Waals surface area contributed by atoms with Gasteiger partial charge in [0.25, 0.3) is 5.97 Å². The quantitative estimate of drug-likeness (QED) is 0.0818. The van der Waals surface area contributed by atoms with E-state index in [-0.39, 0.29) is 36.8 Å². The largest absolute Gasteiger partial charge is 0.508 e. The number of aliphatic hydroxyl groups excluding tert-OH is 2. The average Bonchev–Trinajstić information content (AvgIpc) is 3.11. The number of unbranched alkanes of at least 4 members (excludes halogenated alkanes) is 3. The molecular weight excluding hydrogens is 704 g/mol. The molecule has 1 heterocycles. The van der Waals surface area contributed by atoms with Gasteiger partial charge in [-0.2, -0.15) is 0 Å². The molecule has 16 nitrogen and oxygen atoms in total. The van der Waals surface area contributed by atoms with Crippen LogP contribution in [0.3, 0.4) is 0 Å². The maximum Gasteiger partial charge on any atom is 0.407 e. The summed E-state index contributed by atoms with van der Waals surface area (Å²) in [6.45, 7) is 3.50. The SMILES string of the molecule is CC(=O)O.CN(CCCCCC=O)C(=O)/C=C\C=O.CNCCc1cc(COC(=O)NC2CCCCCCC2)ccc1O.NC=O.OC1COCC(O)C1. The third-order valence-corrected chi connectivity index (χ3v) is 7.76. The van der Waals surface area contributed by atoms with E-state index in [1.165, 1.54) is 44.3 Å². The zero-order valence-electron chi connectivity index (χ0n) is 32.2. The molecule has 2 aliphatic rings. The van der Waals surface area contributed by atoms with Gasteiger partial charge >= 0.3 is 6.09 Å². The van der Waals surface area contributed by atoms with Crippen molar-refractivity contribution in [3.8, 4) is 5.75 Å². The van der Waals surface area contributed by atoms with Crippen molar-refractivity contribution >= 4 is 37.0 Å². The van der Waals surface area contributed by atoms with Gasteiger partial charge in [-0.1, -0.05) is 44.6 Å². The van der Waals surface area contributed by atoms with Gasteiger partial charge in [0.1, 0.15) is 24.9 Å². The number of rotatable bonds is 14. The number of likely N-dealkylation sites (N-methyl/N-ethyl adjacent to an activating group) is 2. The fourth-order valence-corrected chi connectivity index (χ4v) is 5.05. The minimum Gasteiger partial charge on any atom is -0.508 e. The summed E-state index contributed by atoms with van der Waals surface area (Å²) >= 11 is 0. The lowest BCUT2D eigenvalue weighted by Crippen LogP contribution is -2.35. The lowest BCUT2D eigenvalue weighted by Gasteiger charge is -2.21. The van der Waals surface area contributed by atoms with Crippen LogP contribution in [0.2, 0.25) is 0 Å². The first kappa shape index (κ1) is 51.7. The highest BCUT2D eigenvalue weighted by Crippen LogP contribution is 2.20. The number of allylic oxidation sites excluding steroid dienone is 1. The molecule has 1 aliphatic carbocycles. The summed E-state index contributed by atoms with van der Waals surface area (Å²) in [5, 5.41) is 40.9. The number of nitrogens with zero attached hydrogens (tertiary/aromatic N) is 1. The molecule has 16 heteroatoms. The first-order chi connectivity index (χ1) is 25.8. The van der Waals surface area contributed by atoms with Crippen LogP contribution in [0.25, 0.3) is 0 Å². The van der Waals surface area contributed by atoms with Crippen molar-refractivity contribution < 1.29 is 58.7 Å². The van der Waals surface area contributed by atoms with E-state index in [0.29, 0.717) is 38.9 Å². The number of aliphatic hydroxyl groups is 2. The highest BCUT2D eigenvalue weighted by Gasteiger charge is 2.17. The molecule has 1 saturated carbocycles. The normalized spacial score (nSPS) is 16.6. The predicted octanol–water partition coefficient (Wildman–Crippen LogP) is 2.77. The number of aliphatic carboxylic acids is 1. The second-order valence-corrected chi connectivity index (χ2v) is 12.6. The first-order valence-electron chi connectivity index (χ1n) is 18.3. The maximum atomic E-state index is 12.0. The third kappa shape index (κ3) is 32.3. The predicted molar refractivity (Wildman–Crippen MR) is 204 cm³/mol. The number of nitrogens with two attached hydrogens (primary N) is 1. The van der Waals surface area contributed by atoms with Crippen molar-refractivity contribution in [3.63, 3.8) is 0 Å². The van der Waals surface area contributed by atoms with Crippen LogP contribution < -0.4 is 16.4 Å². The number of carbonyl (C=O) groups is 6. The summed E-state index contributed by atoms with van der Waals surface area (Å²) < 4.78 is 10.1. The Kier molecular flexibility index (Phi) is 34.1. The zero-order chi connectivity index (χ0) is 41.0. The Balaban J connectivity index is 0. The Morgan fingerprint density at radius 1 is 1.00 bits per heavy atom. The van der Waals surface area contributed by atoms with Gasteiger partial charge in [0.15, 0.2) is 0 Å². The number of hydrogen-bond donors (Lipinski definition) is 7. The number of aldehydes is 2. The van der Waals surface area contributed by atoms with Crippen LogP contribution in [-0.2, 0) is 46.5 Å². The molecule has 2 atom stereocenters. The van der Waals surface area contributed by atoms with Crippen LogP contribution in [0, 0.1) is 0 Å².